The van der Waals surface area contributed by atoms with E-state index < -0.39 is 0 Å². The first-order valence-corrected chi connectivity index (χ1v) is 4.37. The van der Waals surface area contributed by atoms with Gasteiger partial charge in [0, 0.05) is 24.2 Å². The van der Waals surface area contributed by atoms with Crippen LogP contribution in [0.2, 0.25) is 0 Å². The van der Waals surface area contributed by atoms with Gasteiger partial charge in [0.2, 0.25) is 0 Å². The second-order valence-corrected chi connectivity index (χ2v) is 3.87. The predicted octanol–water partition coefficient (Wildman–Crippen LogP) is 2.89. The lowest BCUT2D eigenvalue weighted by atomic mass is 9.92. The zero-order valence-electron chi connectivity index (χ0n) is 8.57. The highest BCUT2D eigenvalue weighted by atomic mass is 15.1. The molecule has 66 valence electrons. The molecule has 11 heavy (non-hydrogen) atoms. The fourth-order valence-electron chi connectivity index (χ4n) is 1.08. The SMILES string of the molecule is C=C(N(CC)CC)C(C)(C)C. The van der Waals surface area contributed by atoms with Crippen molar-refractivity contribution < 1.29 is 0 Å². The summed E-state index contributed by atoms with van der Waals surface area (Å²) in [5, 5.41) is 0. The standard InChI is InChI=1S/C10H21N/c1-7-11(8-2)9(3)10(4,5)6/h3,7-8H2,1-2,4-6H3. The van der Waals surface area contributed by atoms with Gasteiger partial charge in [-0.15, -0.1) is 0 Å². The molecule has 0 radical (unpaired) electrons. The summed E-state index contributed by atoms with van der Waals surface area (Å²) in [6.07, 6.45) is 0. The van der Waals surface area contributed by atoms with Gasteiger partial charge in [-0.2, -0.15) is 0 Å². The minimum atomic E-state index is 0.214. The van der Waals surface area contributed by atoms with E-state index in [4.69, 9.17) is 0 Å². The van der Waals surface area contributed by atoms with Gasteiger partial charge < -0.3 is 4.90 Å². The van der Waals surface area contributed by atoms with Crippen LogP contribution in [-0.2, 0) is 0 Å². The van der Waals surface area contributed by atoms with Crippen molar-refractivity contribution in [3.63, 3.8) is 0 Å². The van der Waals surface area contributed by atoms with Crippen molar-refractivity contribution in [3.05, 3.63) is 12.3 Å². The van der Waals surface area contributed by atoms with E-state index in [9.17, 15) is 0 Å². The molecule has 0 fully saturated rings. The Kier molecular flexibility index (Phi) is 3.64. The smallest absolute Gasteiger partial charge is 0.0146 e. The molecule has 1 nitrogen and oxygen atoms in total. The van der Waals surface area contributed by atoms with E-state index >= 15 is 0 Å². The first-order valence-electron chi connectivity index (χ1n) is 4.37. The monoisotopic (exact) mass is 155 g/mol. The van der Waals surface area contributed by atoms with Gasteiger partial charge in [-0.1, -0.05) is 27.4 Å². The molecule has 0 rings (SSSR count). The Balaban J connectivity index is 4.22. The van der Waals surface area contributed by atoms with Crippen molar-refractivity contribution in [1.29, 1.82) is 0 Å². The number of nitrogens with zero attached hydrogens (tertiary/aromatic N) is 1. The van der Waals surface area contributed by atoms with E-state index in [1.54, 1.807) is 0 Å². The molecule has 0 aliphatic heterocycles. The van der Waals surface area contributed by atoms with Crippen LogP contribution in [0.5, 0.6) is 0 Å². The van der Waals surface area contributed by atoms with Crippen molar-refractivity contribution in [1.82, 2.24) is 4.90 Å². The number of allylic oxidation sites excluding steroid dienone is 1. The zero-order valence-corrected chi connectivity index (χ0v) is 8.57. The molecule has 0 aromatic heterocycles. The maximum absolute atomic E-state index is 4.09. The van der Waals surface area contributed by atoms with Gasteiger partial charge in [-0.05, 0) is 13.8 Å². The van der Waals surface area contributed by atoms with Gasteiger partial charge in [-0.3, -0.25) is 0 Å². The van der Waals surface area contributed by atoms with Gasteiger partial charge >= 0.3 is 0 Å². The van der Waals surface area contributed by atoms with Crippen LogP contribution in [0, 0.1) is 5.41 Å². The van der Waals surface area contributed by atoms with Crippen LogP contribution in [0.4, 0.5) is 0 Å². The maximum Gasteiger partial charge on any atom is 0.0146 e. The molecular weight excluding hydrogens is 134 g/mol. The quantitative estimate of drug-likeness (QED) is 0.605. The Labute approximate surface area is 71.1 Å². The average molecular weight is 155 g/mol. The largest absolute Gasteiger partial charge is 0.375 e. The maximum atomic E-state index is 4.09. The minimum absolute atomic E-state index is 0.214. The van der Waals surface area contributed by atoms with Gasteiger partial charge in [0.25, 0.3) is 0 Å². The lowest BCUT2D eigenvalue weighted by Crippen LogP contribution is -2.29. The van der Waals surface area contributed by atoms with Crippen molar-refractivity contribution in [2.45, 2.75) is 34.6 Å². The van der Waals surface area contributed by atoms with Gasteiger partial charge in [-0.25, -0.2) is 0 Å². The summed E-state index contributed by atoms with van der Waals surface area (Å²) in [5.74, 6) is 0. The third-order valence-electron chi connectivity index (χ3n) is 2.01. The molecule has 0 bridgehead atoms. The van der Waals surface area contributed by atoms with Crippen LogP contribution in [0.1, 0.15) is 34.6 Å². The molecule has 0 unspecified atom stereocenters. The molecule has 0 amide bonds. The molecular formula is C10H21N. The fraction of sp³-hybridized carbons (Fsp3) is 0.800. The Bertz CT molecular complexity index is 126. The Morgan fingerprint density at radius 2 is 1.55 bits per heavy atom. The molecule has 0 aromatic rings. The molecule has 0 aliphatic carbocycles. The number of rotatable bonds is 3. The molecule has 0 spiro atoms. The third-order valence-corrected chi connectivity index (χ3v) is 2.01. The number of hydrogen-bond donors (Lipinski definition) is 0. The zero-order chi connectivity index (χ0) is 9.07. The molecule has 0 aromatic carbocycles. The van der Waals surface area contributed by atoms with Crippen LogP contribution < -0.4 is 0 Å². The van der Waals surface area contributed by atoms with E-state index in [2.05, 4.69) is 46.1 Å². The van der Waals surface area contributed by atoms with Crippen molar-refractivity contribution in [2.24, 2.45) is 5.41 Å². The van der Waals surface area contributed by atoms with Crippen molar-refractivity contribution in [2.75, 3.05) is 13.1 Å². The van der Waals surface area contributed by atoms with Gasteiger partial charge in [0.15, 0.2) is 0 Å². The molecule has 1 heteroatoms. The van der Waals surface area contributed by atoms with Gasteiger partial charge in [0.05, 0.1) is 0 Å². The Morgan fingerprint density at radius 3 is 1.64 bits per heavy atom. The number of hydrogen-bond acceptors (Lipinski definition) is 1. The highest BCUT2D eigenvalue weighted by Gasteiger charge is 2.18. The van der Waals surface area contributed by atoms with Crippen molar-refractivity contribution in [3.8, 4) is 0 Å². The second-order valence-electron chi connectivity index (χ2n) is 3.87. The highest BCUT2D eigenvalue weighted by molar-refractivity contribution is 5.03. The summed E-state index contributed by atoms with van der Waals surface area (Å²) in [4.78, 5) is 2.31. The van der Waals surface area contributed by atoms with E-state index in [0.29, 0.717) is 0 Å². The molecule has 0 aliphatic rings. The molecule has 0 N–H and O–H groups in total. The summed E-state index contributed by atoms with van der Waals surface area (Å²) >= 11 is 0. The first kappa shape index (κ1) is 10.5. The highest BCUT2D eigenvalue weighted by Crippen LogP contribution is 2.25. The van der Waals surface area contributed by atoms with Crippen LogP contribution in [0.3, 0.4) is 0 Å². The minimum Gasteiger partial charge on any atom is -0.375 e. The fourth-order valence-corrected chi connectivity index (χ4v) is 1.08. The van der Waals surface area contributed by atoms with E-state index in [-0.39, 0.29) is 5.41 Å². The summed E-state index contributed by atoms with van der Waals surface area (Å²) in [6.45, 7) is 17.2. The van der Waals surface area contributed by atoms with Crippen LogP contribution in [0.15, 0.2) is 12.3 Å². The summed E-state index contributed by atoms with van der Waals surface area (Å²) in [6, 6.07) is 0. The van der Waals surface area contributed by atoms with E-state index in [1.165, 1.54) is 5.70 Å². The van der Waals surface area contributed by atoms with Crippen LogP contribution in [-0.4, -0.2) is 18.0 Å². The van der Waals surface area contributed by atoms with Crippen molar-refractivity contribution >= 4 is 0 Å². The topological polar surface area (TPSA) is 3.24 Å². The Morgan fingerprint density at radius 1 is 1.18 bits per heavy atom. The molecule has 0 heterocycles. The summed E-state index contributed by atoms with van der Waals surface area (Å²) in [5.41, 5.74) is 1.45. The van der Waals surface area contributed by atoms with E-state index in [1.807, 2.05) is 0 Å². The lowest BCUT2D eigenvalue weighted by molar-refractivity contribution is 0.291. The summed E-state index contributed by atoms with van der Waals surface area (Å²) in [7, 11) is 0. The van der Waals surface area contributed by atoms with Crippen LogP contribution in [0.25, 0.3) is 0 Å². The van der Waals surface area contributed by atoms with E-state index in [0.717, 1.165) is 13.1 Å². The van der Waals surface area contributed by atoms with Crippen LogP contribution >= 0.6 is 0 Å². The summed E-state index contributed by atoms with van der Waals surface area (Å²) < 4.78 is 0. The third kappa shape index (κ3) is 2.96. The normalized spacial score (nSPS) is 11.4. The predicted molar refractivity (Wildman–Crippen MR) is 51.5 cm³/mol. The Hall–Kier alpha value is -0.460. The second kappa shape index (κ2) is 3.80. The molecule has 0 saturated carbocycles. The lowest BCUT2D eigenvalue weighted by Gasteiger charge is -2.32. The average Bonchev–Trinajstić information content (AvgIpc) is 1.88. The molecule has 0 saturated heterocycles. The molecule has 0 atom stereocenters. The van der Waals surface area contributed by atoms with Gasteiger partial charge in [0.1, 0.15) is 0 Å². The first-order chi connectivity index (χ1) is 4.93.